The van der Waals surface area contributed by atoms with Gasteiger partial charge in [-0.15, -0.1) is 0 Å². The van der Waals surface area contributed by atoms with E-state index in [-0.39, 0.29) is 4.57 Å². The van der Waals surface area contributed by atoms with Crippen LogP contribution in [-0.2, 0) is 0 Å². The zero-order chi connectivity index (χ0) is 20.3. The van der Waals surface area contributed by atoms with Gasteiger partial charge in [-0.05, 0) is 87.1 Å². The molecule has 0 fully saturated rings. The van der Waals surface area contributed by atoms with Crippen LogP contribution in [0.5, 0.6) is 0 Å². The summed E-state index contributed by atoms with van der Waals surface area (Å²) in [7, 11) is -2.03. The topological polar surface area (TPSA) is 0 Å². The first-order valence-electron chi connectivity index (χ1n) is 9.28. The van der Waals surface area contributed by atoms with Crippen LogP contribution in [0.4, 0.5) is 0 Å². The first-order valence-corrected chi connectivity index (χ1v) is 13.5. The number of alkyl halides is 1. The molecule has 0 aliphatic rings. The summed E-state index contributed by atoms with van der Waals surface area (Å²) in [6.07, 6.45) is 0. The first-order chi connectivity index (χ1) is 14.1. The van der Waals surface area contributed by atoms with Gasteiger partial charge < -0.3 is 0 Å². The molecule has 4 heteroatoms. The van der Waals surface area contributed by atoms with Crippen molar-refractivity contribution in [1.29, 1.82) is 0 Å². The third-order valence-corrected chi connectivity index (χ3v) is 13.3. The van der Waals surface area contributed by atoms with Gasteiger partial charge in [0, 0.05) is 9.13 Å². The van der Waals surface area contributed by atoms with Gasteiger partial charge in [-0.2, -0.15) is 0 Å². The Morgan fingerprint density at radius 2 is 1.07 bits per heavy atom. The van der Waals surface area contributed by atoms with Crippen LogP contribution in [0.2, 0.25) is 5.02 Å². The van der Waals surface area contributed by atoms with E-state index in [1.165, 1.54) is 21.5 Å². The molecular weight excluding hydrogens is 574 g/mol. The van der Waals surface area contributed by atoms with E-state index in [9.17, 15) is 0 Å². The van der Waals surface area contributed by atoms with Gasteiger partial charge in [0.15, 0.2) is 4.57 Å². The molecular formula is C25H19BrClIP+. The lowest BCUT2D eigenvalue weighted by atomic mass is 10.2. The second-order valence-corrected chi connectivity index (χ2v) is 13.4. The van der Waals surface area contributed by atoms with Crippen molar-refractivity contribution in [3.63, 3.8) is 0 Å². The summed E-state index contributed by atoms with van der Waals surface area (Å²) < 4.78 is 1.19. The van der Waals surface area contributed by atoms with Crippen LogP contribution < -0.4 is 15.9 Å². The van der Waals surface area contributed by atoms with Crippen LogP contribution >= 0.6 is 57.4 Å². The second kappa shape index (κ2) is 9.31. The molecule has 0 saturated heterocycles. The molecule has 0 N–H and O–H groups in total. The second-order valence-electron chi connectivity index (χ2n) is 6.74. The van der Waals surface area contributed by atoms with Crippen molar-refractivity contribution in [1.82, 2.24) is 0 Å². The highest BCUT2D eigenvalue weighted by molar-refractivity contribution is 14.1. The molecule has 4 aromatic carbocycles. The van der Waals surface area contributed by atoms with Crippen molar-refractivity contribution < 1.29 is 0 Å². The minimum atomic E-state index is -2.03. The normalized spacial score (nSPS) is 12.5. The third-order valence-electron chi connectivity index (χ3n) is 5.05. The fraction of sp³-hybridized carbons (Fsp3) is 0.0400. The van der Waals surface area contributed by atoms with Crippen molar-refractivity contribution in [3.8, 4) is 0 Å². The van der Waals surface area contributed by atoms with E-state index < -0.39 is 7.26 Å². The van der Waals surface area contributed by atoms with Crippen molar-refractivity contribution in [2.24, 2.45) is 0 Å². The summed E-state index contributed by atoms with van der Waals surface area (Å²) in [6, 6.07) is 39.0. The standard InChI is InChI=1S/C25H19BrClIP/c26-25(19-16-17-23(27)24(28)18-19)29(20-10-4-1-5-11-20,21-12-6-2-7-13-21)22-14-8-3-9-15-22/h1-18,25H/q+1. The predicted octanol–water partition coefficient (Wildman–Crippen LogP) is 7.33. The molecule has 0 bridgehead atoms. The Hall–Kier alpha value is -1.19. The SMILES string of the molecule is Clc1ccc(C(Br)[P+](c2ccccc2)(c2ccccc2)c2ccccc2)cc1I. The van der Waals surface area contributed by atoms with E-state index in [1.807, 2.05) is 6.07 Å². The van der Waals surface area contributed by atoms with Crippen LogP contribution in [0, 0.1) is 3.57 Å². The minimum absolute atomic E-state index is 0.119. The molecule has 0 aliphatic heterocycles. The van der Waals surface area contributed by atoms with E-state index in [0.717, 1.165) is 8.59 Å². The van der Waals surface area contributed by atoms with Crippen molar-refractivity contribution >= 4 is 73.3 Å². The molecule has 0 aromatic heterocycles. The van der Waals surface area contributed by atoms with Gasteiger partial charge in [-0.3, -0.25) is 0 Å². The average Bonchev–Trinajstić information content (AvgIpc) is 2.78. The highest BCUT2D eigenvalue weighted by Gasteiger charge is 2.52. The lowest BCUT2D eigenvalue weighted by molar-refractivity contribution is 1.36. The minimum Gasteiger partial charge on any atom is -0.0832 e. The molecule has 4 rings (SSSR count). The smallest absolute Gasteiger partial charge is 0.0832 e. The maximum absolute atomic E-state index is 6.34. The Morgan fingerprint density at radius 3 is 1.45 bits per heavy atom. The van der Waals surface area contributed by atoms with Gasteiger partial charge >= 0.3 is 0 Å². The predicted molar refractivity (Wildman–Crippen MR) is 141 cm³/mol. The highest BCUT2D eigenvalue weighted by Crippen LogP contribution is 2.69. The maximum atomic E-state index is 6.34. The zero-order valence-corrected chi connectivity index (χ0v) is 20.9. The summed E-state index contributed by atoms with van der Waals surface area (Å²) in [5.41, 5.74) is 1.24. The zero-order valence-electron chi connectivity index (χ0n) is 15.6. The molecule has 1 atom stereocenters. The number of hydrogen-bond donors (Lipinski definition) is 0. The van der Waals surface area contributed by atoms with Gasteiger partial charge in [-0.25, -0.2) is 0 Å². The molecule has 29 heavy (non-hydrogen) atoms. The molecule has 0 heterocycles. The quantitative estimate of drug-likeness (QED) is 0.129. The van der Waals surface area contributed by atoms with Gasteiger partial charge in [-0.1, -0.05) is 72.3 Å². The summed E-state index contributed by atoms with van der Waals surface area (Å²) in [5, 5.41) is 4.84. The van der Waals surface area contributed by atoms with E-state index in [0.29, 0.717) is 0 Å². The van der Waals surface area contributed by atoms with Gasteiger partial charge in [0.1, 0.15) is 23.2 Å². The lowest BCUT2D eigenvalue weighted by Crippen LogP contribution is -2.33. The number of halogens is 3. The average molecular weight is 593 g/mol. The van der Waals surface area contributed by atoms with E-state index >= 15 is 0 Å². The van der Waals surface area contributed by atoms with E-state index in [1.54, 1.807) is 0 Å². The number of benzene rings is 4. The highest BCUT2D eigenvalue weighted by atomic mass is 127. The van der Waals surface area contributed by atoms with E-state index in [2.05, 4.69) is 142 Å². The molecule has 144 valence electrons. The lowest BCUT2D eigenvalue weighted by Gasteiger charge is -2.32. The molecule has 1 unspecified atom stereocenters. The molecule has 0 radical (unpaired) electrons. The van der Waals surface area contributed by atoms with Gasteiger partial charge in [0.2, 0.25) is 0 Å². The maximum Gasteiger partial charge on any atom is 0.162 e. The largest absolute Gasteiger partial charge is 0.162 e. The summed E-state index contributed by atoms with van der Waals surface area (Å²) >= 11 is 12.8. The number of rotatable bonds is 5. The molecule has 4 aromatic rings. The van der Waals surface area contributed by atoms with Gasteiger partial charge in [0.05, 0.1) is 5.02 Å². The Balaban J connectivity index is 2.06. The summed E-state index contributed by atoms with van der Waals surface area (Å²) in [6.45, 7) is 0. The first kappa shape index (κ1) is 21.1. The van der Waals surface area contributed by atoms with Crippen molar-refractivity contribution in [2.75, 3.05) is 0 Å². The monoisotopic (exact) mass is 591 g/mol. The van der Waals surface area contributed by atoms with E-state index in [4.69, 9.17) is 11.6 Å². The molecule has 0 spiro atoms. The molecule has 0 saturated carbocycles. The Morgan fingerprint density at radius 1 is 0.655 bits per heavy atom. The van der Waals surface area contributed by atoms with Crippen LogP contribution in [0.1, 0.15) is 10.1 Å². The van der Waals surface area contributed by atoms with Gasteiger partial charge in [0.25, 0.3) is 0 Å². The summed E-state index contributed by atoms with van der Waals surface area (Å²) in [5.74, 6) is 0. The Kier molecular flexibility index (Phi) is 6.76. The van der Waals surface area contributed by atoms with Crippen molar-refractivity contribution in [3.05, 3.63) is 123 Å². The molecule has 0 nitrogen and oxygen atoms in total. The molecule has 0 amide bonds. The Labute approximate surface area is 199 Å². The van der Waals surface area contributed by atoms with Crippen LogP contribution in [0.3, 0.4) is 0 Å². The fourth-order valence-corrected chi connectivity index (χ4v) is 11.0. The summed E-state index contributed by atoms with van der Waals surface area (Å²) in [4.78, 5) is 0. The molecule has 0 aliphatic carbocycles. The van der Waals surface area contributed by atoms with Crippen molar-refractivity contribution in [2.45, 2.75) is 4.57 Å². The Bertz CT molecular complexity index is 991. The number of hydrogen-bond acceptors (Lipinski definition) is 0. The fourth-order valence-electron chi connectivity index (χ4n) is 3.71. The van der Waals surface area contributed by atoms with Crippen LogP contribution in [0.15, 0.2) is 109 Å². The van der Waals surface area contributed by atoms with Crippen LogP contribution in [-0.4, -0.2) is 0 Å². The van der Waals surface area contributed by atoms with Crippen LogP contribution in [0.25, 0.3) is 0 Å². The third kappa shape index (κ3) is 4.05.